The summed E-state index contributed by atoms with van der Waals surface area (Å²) in [4.78, 5) is 8.97. The largest absolute Gasteiger partial charge is 0.365 e. The molecule has 2 aromatic heterocycles. The number of aromatic nitrogens is 2. The fraction of sp³-hybridized carbons (Fsp3) is 0.100. The van der Waals surface area contributed by atoms with Gasteiger partial charge in [-0.2, -0.15) is 5.26 Å². The van der Waals surface area contributed by atoms with Crippen LogP contribution in [0.2, 0.25) is 0 Å². The Morgan fingerprint density at radius 3 is 2.73 bits per heavy atom. The maximum absolute atomic E-state index is 8.94. The minimum Gasteiger partial charge on any atom is -0.365 e. The zero-order valence-corrected chi connectivity index (χ0v) is 8.88. The van der Waals surface area contributed by atoms with Crippen LogP contribution in [-0.2, 0) is 0 Å². The molecule has 0 fully saturated rings. The normalized spacial score (nSPS) is 9.60. The second-order valence-corrected chi connectivity index (χ2v) is 3.79. The van der Waals surface area contributed by atoms with E-state index in [1.54, 1.807) is 19.4 Å². The topological polar surface area (TPSA) is 61.6 Å². The van der Waals surface area contributed by atoms with Crippen molar-refractivity contribution in [2.24, 2.45) is 0 Å². The van der Waals surface area contributed by atoms with E-state index in [0.29, 0.717) is 5.69 Å². The monoisotopic (exact) mass is 216 g/mol. The molecule has 0 spiro atoms. The lowest BCUT2D eigenvalue weighted by Crippen LogP contribution is -1.85. The number of rotatable bonds is 2. The van der Waals surface area contributed by atoms with Gasteiger partial charge in [0.2, 0.25) is 0 Å². The maximum Gasteiger partial charge on any atom is 0.184 e. The molecule has 0 aliphatic rings. The molecule has 0 radical (unpaired) electrons. The molecule has 74 valence electrons. The van der Waals surface area contributed by atoms with Gasteiger partial charge in [0, 0.05) is 19.4 Å². The minimum atomic E-state index is 0.454. The second-order valence-electron chi connectivity index (χ2n) is 2.79. The molecule has 0 aliphatic carbocycles. The first-order valence-electron chi connectivity index (χ1n) is 4.34. The standard InChI is InChI=1S/C10H8N4S/c1-12-10-14-8(6-11)9(15-10)7-2-4-13-5-3-7/h2-5H,1H3,(H,12,14). The predicted molar refractivity (Wildman–Crippen MR) is 59.6 cm³/mol. The van der Waals surface area contributed by atoms with E-state index in [1.807, 2.05) is 12.1 Å². The van der Waals surface area contributed by atoms with E-state index in [1.165, 1.54) is 11.3 Å². The lowest BCUT2D eigenvalue weighted by Gasteiger charge is -1.94. The highest BCUT2D eigenvalue weighted by atomic mass is 32.1. The summed E-state index contributed by atoms with van der Waals surface area (Å²) in [5.74, 6) is 0. The lowest BCUT2D eigenvalue weighted by molar-refractivity contribution is 1.30. The summed E-state index contributed by atoms with van der Waals surface area (Å²) in [6.07, 6.45) is 3.41. The van der Waals surface area contributed by atoms with Crippen LogP contribution in [0.15, 0.2) is 24.5 Å². The molecule has 2 aromatic rings. The molecule has 0 bridgehead atoms. The summed E-state index contributed by atoms with van der Waals surface area (Å²) in [5, 5.41) is 12.6. The predicted octanol–water partition coefficient (Wildman–Crippen LogP) is 2.12. The van der Waals surface area contributed by atoms with Crippen LogP contribution in [0.1, 0.15) is 5.69 Å². The molecule has 0 amide bonds. The van der Waals surface area contributed by atoms with Gasteiger partial charge < -0.3 is 5.32 Å². The fourth-order valence-corrected chi connectivity index (χ4v) is 2.08. The van der Waals surface area contributed by atoms with Crippen molar-refractivity contribution in [2.45, 2.75) is 0 Å². The van der Waals surface area contributed by atoms with E-state index in [2.05, 4.69) is 21.4 Å². The van der Waals surface area contributed by atoms with Gasteiger partial charge in [0.25, 0.3) is 0 Å². The molecule has 0 aromatic carbocycles. The molecule has 0 unspecified atom stereocenters. The average Bonchev–Trinajstić information content (AvgIpc) is 2.73. The van der Waals surface area contributed by atoms with Crippen LogP contribution in [0.4, 0.5) is 5.13 Å². The van der Waals surface area contributed by atoms with Crippen molar-refractivity contribution >= 4 is 16.5 Å². The Hall–Kier alpha value is -1.93. The van der Waals surface area contributed by atoms with Gasteiger partial charge in [0.1, 0.15) is 6.07 Å². The van der Waals surface area contributed by atoms with E-state index in [4.69, 9.17) is 5.26 Å². The van der Waals surface area contributed by atoms with Crippen LogP contribution >= 0.6 is 11.3 Å². The molecular weight excluding hydrogens is 208 g/mol. The Balaban J connectivity index is 2.53. The molecule has 4 nitrogen and oxygen atoms in total. The number of hydrogen-bond donors (Lipinski definition) is 1. The van der Waals surface area contributed by atoms with Crippen LogP contribution in [-0.4, -0.2) is 17.0 Å². The first-order valence-corrected chi connectivity index (χ1v) is 5.16. The number of anilines is 1. The third-order valence-corrected chi connectivity index (χ3v) is 3.01. The van der Waals surface area contributed by atoms with Gasteiger partial charge in [-0.05, 0) is 17.7 Å². The van der Waals surface area contributed by atoms with Crippen molar-refractivity contribution in [1.29, 1.82) is 5.26 Å². The van der Waals surface area contributed by atoms with Crippen molar-refractivity contribution in [3.05, 3.63) is 30.2 Å². The molecular formula is C10H8N4S. The zero-order chi connectivity index (χ0) is 10.7. The minimum absolute atomic E-state index is 0.454. The van der Waals surface area contributed by atoms with Crippen LogP contribution in [0, 0.1) is 11.3 Å². The number of hydrogen-bond acceptors (Lipinski definition) is 5. The van der Waals surface area contributed by atoms with E-state index in [-0.39, 0.29) is 0 Å². The molecule has 2 rings (SSSR count). The van der Waals surface area contributed by atoms with Gasteiger partial charge in [0.05, 0.1) is 4.88 Å². The SMILES string of the molecule is CNc1nc(C#N)c(-c2ccncc2)s1. The molecule has 0 aliphatic heterocycles. The van der Waals surface area contributed by atoms with E-state index >= 15 is 0 Å². The van der Waals surface area contributed by atoms with Crippen LogP contribution < -0.4 is 5.32 Å². The first kappa shape index (κ1) is 9.62. The van der Waals surface area contributed by atoms with Gasteiger partial charge in [-0.3, -0.25) is 4.98 Å². The molecule has 1 N–H and O–H groups in total. The van der Waals surface area contributed by atoms with E-state index < -0.39 is 0 Å². The first-order chi connectivity index (χ1) is 7.35. The Kier molecular flexibility index (Phi) is 2.61. The van der Waals surface area contributed by atoms with Crippen LogP contribution in [0.3, 0.4) is 0 Å². The van der Waals surface area contributed by atoms with Gasteiger partial charge in [-0.15, -0.1) is 0 Å². The van der Waals surface area contributed by atoms with Gasteiger partial charge in [-0.25, -0.2) is 4.98 Å². The number of nitrogens with zero attached hydrogens (tertiary/aromatic N) is 3. The van der Waals surface area contributed by atoms with Crippen LogP contribution in [0.25, 0.3) is 10.4 Å². The second kappa shape index (κ2) is 4.07. The molecule has 0 atom stereocenters. The smallest absolute Gasteiger partial charge is 0.184 e. The Labute approximate surface area is 91.2 Å². The Morgan fingerprint density at radius 2 is 2.13 bits per heavy atom. The summed E-state index contributed by atoms with van der Waals surface area (Å²) in [6, 6.07) is 5.83. The summed E-state index contributed by atoms with van der Waals surface area (Å²) in [6.45, 7) is 0. The quantitative estimate of drug-likeness (QED) is 0.835. The third kappa shape index (κ3) is 1.80. The third-order valence-electron chi connectivity index (χ3n) is 1.89. The van der Waals surface area contributed by atoms with E-state index in [0.717, 1.165) is 15.6 Å². The average molecular weight is 216 g/mol. The molecule has 5 heteroatoms. The highest BCUT2D eigenvalue weighted by Gasteiger charge is 2.11. The van der Waals surface area contributed by atoms with Crippen molar-refractivity contribution in [3.63, 3.8) is 0 Å². The highest BCUT2D eigenvalue weighted by Crippen LogP contribution is 2.31. The van der Waals surface area contributed by atoms with Gasteiger partial charge in [0.15, 0.2) is 10.8 Å². The Morgan fingerprint density at radius 1 is 1.40 bits per heavy atom. The molecule has 15 heavy (non-hydrogen) atoms. The fourth-order valence-electron chi connectivity index (χ4n) is 1.20. The summed E-state index contributed by atoms with van der Waals surface area (Å²) in [5.41, 5.74) is 1.43. The number of pyridine rings is 1. The molecule has 2 heterocycles. The van der Waals surface area contributed by atoms with Crippen molar-refractivity contribution in [1.82, 2.24) is 9.97 Å². The molecule has 0 saturated carbocycles. The summed E-state index contributed by atoms with van der Waals surface area (Å²) in [7, 11) is 1.79. The van der Waals surface area contributed by atoms with Crippen molar-refractivity contribution in [3.8, 4) is 16.5 Å². The lowest BCUT2D eigenvalue weighted by atomic mass is 10.2. The highest BCUT2D eigenvalue weighted by molar-refractivity contribution is 7.19. The Bertz CT molecular complexity index is 498. The molecule has 0 saturated heterocycles. The zero-order valence-electron chi connectivity index (χ0n) is 8.06. The number of nitrogens with one attached hydrogen (secondary N) is 1. The van der Waals surface area contributed by atoms with E-state index in [9.17, 15) is 0 Å². The number of thiazole rings is 1. The summed E-state index contributed by atoms with van der Waals surface area (Å²) >= 11 is 1.46. The van der Waals surface area contributed by atoms with Crippen molar-refractivity contribution in [2.75, 3.05) is 12.4 Å². The van der Waals surface area contributed by atoms with Gasteiger partial charge >= 0.3 is 0 Å². The van der Waals surface area contributed by atoms with Crippen LogP contribution in [0.5, 0.6) is 0 Å². The summed E-state index contributed by atoms with van der Waals surface area (Å²) < 4.78 is 0. The number of nitriles is 1. The van der Waals surface area contributed by atoms with Gasteiger partial charge in [-0.1, -0.05) is 11.3 Å². The van der Waals surface area contributed by atoms with Crippen molar-refractivity contribution < 1.29 is 0 Å². The maximum atomic E-state index is 8.94.